The van der Waals surface area contributed by atoms with Gasteiger partial charge in [0, 0.05) is 37.6 Å². The molecule has 3 aromatic rings. The summed E-state index contributed by atoms with van der Waals surface area (Å²) in [6.07, 6.45) is 2.26. The maximum atomic E-state index is 13.8. The average Bonchev–Trinajstić information content (AvgIpc) is 3.74. The van der Waals surface area contributed by atoms with Crippen LogP contribution < -0.4 is 5.73 Å². The third-order valence-corrected chi connectivity index (χ3v) is 8.75. The molecular formula is C33H37N3O3. The average molecular weight is 524 g/mol. The first-order valence-electron chi connectivity index (χ1n) is 14.1. The molecule has 0 radical (unpaired) electrons. The quantitative estimate of drug-likeness (QED) is 0.470. The molecule has 3 aromatic carbocycles. The Bertz CT molecular complexity index is 1350. The van der Waals surface area contributed by atoms with E-state index in [-0.39, 0.29) is 36.4 Å². The molecule has 2 amide bonds. The van der Waals surface area contributed by atoms with Gasteiger partial charge < -0.3 is 20.3 Å². The van der Waals surface area contributed by atoms with Crippen LogP contribution in [0.15, 0.2) is 66.7 Å². The van der Waals surface area contributed by atoms with Crippen LogP contribution in [0.2, 0.25) is 0 Å². The van der Waals surface area contributed by atoms with Gasteiger partial charge in [-0.15, -0.1) is 0 Å². The van der Waals surface area contributed by atoms with E-state index in [0.29, 0.717) is 26.1 Å². The lowest BCUT2D eigenvalue weighted by molar-refractivity contribution is -0.138. The number of likely N-dealkylation sites (tertiary alicyclic amines) is 1. The minimum absolute atomic E-state index is 0.000157. The zero-order chi connectivity index (χ0) is 27.1. The molecule has 0 aromatic heterocycles. The molecule has 2 fully saturated rings. The number of carbonyl (C=O) groups is 2. The smallest absolute Gasteiger partial charge is 0.409 e. The molecule has 6 rings (SSSR count). The minimum Gasteiger partial charge on any atom is -0.448 e. The molecule has 3 aliphatic rings. The highest BCUT2D eigenvalue weighted by Gasteiger charge is 2.40. The lowest BCUT2D eigenvalue weighted by Gasteiger charge is -2.37. The zero-order valence-electron chi connectivity index (χ0n) is 22.8. The molecule has 2 atom stereocenters. The second-order valence-electron chi connectivity index (χ2n) is 11.5. The second-order valence-corrected chi connectivity index (χ2v) is 11.5. The Morgan fingerprint density at radius 2 is 1.59 bits per heavy atom. The van der Waals surface area contributed by atoms with Crippen LogP contribution in [-0.4, -0.2) is 53.6 Å². The minimum atomic E-state index is -0.391. The fourth-order valence-electron chi connectivity index (χ4n) is 6.33. The number of benzene rings is 3. The van der Waals surface area contributed by atoms with Crippen LogP contribution in [0.25, 0.3) is 11.1 Å². The molecule has 2 aliphatic carbocycles. The van der Waals surface area contributed by atoms with E-state index in [1.165, 1.54) is 38.9 Å². The zero-order valence-corrected chi connectivity index (χ0v) is 22.8. The molecule has 0 bridgehead atoms. The van der Waals surface area contributed by atoms with Crippen molar-refractivity contribution in [3.05, 3.63) is 94.5 Å². The topological polar surface area (TPSA) is 75.9 Å². The number of hydrogen-bond acceptors (Lipinski definition) is 4. The second kappa shape index (κ2) is 10.5. The van der Waals surface area contributed by atoms with Gasteiger partial charge >= 0.3 is 6.09 Å². The molecule has 6 heteroatoms. The number of nitrogens with zero attached hydrogens (tertiary/aromatic N) is 2. The van der Waals surface area contributed by atoms with Crippen molar-refractivity contribution < 1.29 is 14.3 Å². The van der Waals surface area contributed by atoms with Gasteiger partial charge in [0.05, 0.1) is 5.92 Å². The van der Waals surface area contributed by atoms with Crippen LogP contribution in [-0.2, 0) is 16.1 Å². The van der Waals surface area contributed by atoms with Crippen molar-refractivity contribution in [2.75, 3.05) is 19.7 Å². The molecule has 2 N–H and O–H groups in total. The lowest BCUT2D eigenvalue weighted by atomic mass is 9.93. The highest BCUT2D eigenvalue weighted by Crippen LogP contribution is 2.44. The Labute approximate surface area is 230 Å². The Morgan fingerprint density at radius 1 is 0.923 bits per heavy atom. The SMILES string of the molecule is Cc1cccc(CN(C(=O)[C@H]2C[C@@H](N)CN(C(=O)OCC3c4ccccc4-c4ccccc43)C2)C2CC2)c1C. The summed E-state index contributed by atoms with van der Waals surface area (Å²) in [7, 11) is 0. The van der Waals surface area contributed by atoms with Gasteiger partial charge in [-0.2, -0.15) is 0 Å². The van der Waals surface area contributed by atoms with Crippen LogP contribution in [0.5, 0.6) is 0 Å². The molecule has 1 saturated heterocycles. The highest BCUT2D eigenvalue weighted by molar-refractivity contribution is 5.81. The van der Waals surface area contributed by atoms with Crippen molar-refractivity contribution in [1.82, 2.24) is 9.80 Å². The molecule has 39 heavy (non-hydrogen) atoms. The third-order valence-electron chi connectivity index (χ3n) is 8.75. The van der Waals surface area contributed by atoms with E-state index in [1.807, 2.05) is 29.2 Å². The first-order valence-corrected chi connectivity index (χ1v) is 14.1. The Kier molecular flexibility index (Phi) is 6.90. The van der Waals surface area contributed by atoms with Gasteiger partial charge in [-0.25, -0.2) is 4.79 Å². The van der Waals surface area contributed by atoms with Gasteiger partial charge in [0.15, 0.2) is 0 Å². The number of amides is 2. The number of aryl methyl sites for hydroxylation is 1. The summed E-state index contributed by atoms with van der Waals surface area (Å²) in [6.45, 7) is 5.84. The molecule has 0 spiro atoms. The van der Waals surface area contributed by atoms with Crippen molar-refractivity contribution in [3.8, 4) is 11.1 Å². The monoisotopic (exact) mass is 523 g/mol. The van der Waals surface area contributed by atoms with E-state index in [1.54, 1.807) is 4.90 Å². The number of carbonyl (C=O) groups excluding carboxylic acids is 2. The number of piperidine rings is 1. The Balaban J connectivity index is 1.14. The number of nitrogens with two attached hydrogens (primary N) is 1. The fourth-order valence-corrected chi connectivity index (χ4v) is 6.33. The summed E-state index contributed by atoms with van der Waals surface area (Å²) in [6, 6.07) is 22.9. The predicted octanol–water partition coefficient (Wildman–Crippen LogP) is 5.39. The van der Waals surface area contributed by atoms with Crippen LogP contribution in [0.1, 0.15) is 53.0 Å². The van der Waals surface area contributed by atoms with E-state index in [4.69, 9.17) is 10.5 Å². The van der Waals surface area contributed by atoms with E-state index < -0.39 is 6.09 Å². The Hall–Kier alpha value is -3.64. The Morgan fingerprint density at radius 3 is 2.26 bits per heavy atom. The first kappa shape index (κ1) is 25.6. The van der Waals surface area contributed by atoms with Crippen LogP contribution in [0, 0.1) is 19.8 Å². The van der Waals surface area contributed by atoms with Gasteiger partial charge in [-0.05, 0) is 72.1 Å². The van der Waals surface area contributed by atoms with Crippen molar-refractivity contribution in [2.45, 2.75) is 57.7 Å². The van der Waals surface area contributed by atoms with Crippen LogP contribution in [0.4, 0.5) is 4.79 Å². The summed E-state index contributed by atoms with van der Waals surface area (Å²) in [5, 5.41) is 0. The summed E-state index contributed by atoms with van der Waals surface area (Å²) in [5.41, 5.74) is 14.8. The standard InChI is InChI=1S/C33H37N3O3/c1-21-8-7-9-23(22(21)2)18-36(26-14-15-26)32(37)24-16-25(34)19-35(17-24)33(38)39-20-31-29-12-5-3-10-27(29)28-11-4-6-13-30(28)31/h3-13,24-26,31H,14-20,34H2,1-2H3/t24-,25+/m0/s1. The van der Waals surface area contributed by atoms with Gasteiger partial charge in [0.2, 0.25) is 5.91 Å². The molecule has 6 nitrogen and oxygen atoms in total. The van der Waals surface area contributed by atoms with Crippen LogP contribution >= 0.6 is 0 Å². The van der Waals surface area contributed by atoms with E-state index in [2.05, 4.69) is 56.3 Å². The molecule has 0 unspecified atom stereocenters. The number of fused-ring (bicyclic) bond motifs is 3. The van der Waals surface area contributed by atoms with Gasteiger partial charge in [0.25, 0.3) is 0 Å². The summed E-state index contributed by atoms with van der Waals surface area (Å²) in [5.74, 6) is -0.217. The van der Waals surface area contributed by atoms with E-state index >= 15 is 0 Å². The number of ether oxygens (including phenoxy) is 1. The molecule has 202 valence electrons. The summed E-state index contributed by atoms with van der Waals surface area (Å²) >= 11 is 0. The predicted molar refractivity (Wildman–Crippen MR) is 152 cm³/mol. The van der Waals surface area contributed by atoms with Crippen LogP contribution in [0.3, 0.4) is 0 Å². The van der Waals surface area contributed by atoms with Gasteiger partial charge in [-0.1, -0.05) is 66.7 Å². The number of hydrogen-bond donors (Lipinski definition) is 1. The van der Waals surface area contributed by atoms with Crippen molar-refractivity contribution in [3.63, 3.8) is 0 Å². The normalized spacial score (nSPS) is 20.3. The molecule has 1 saturated carbocycles. The van der Waals surface area contributed by atoms with E-state index in [0.717, 1.165) is 12.8 Å². The fraction of sp³-hybridized carbons (Fsp3) is 0.394. The molecule has 1 heterocycles. The lowest BCUT2D eigenvalue weighted by Crippen LogP contribution is -2.54. The van der Waals surface area contributed by atoms with Gasteiger partial charge in [0.1, 0.15) is 6.61 Å². The maximum Gasteiger partial charge on any atom is 0.409 e. The maximum absolute atomic E-state index is 13.8. The number of rotatable bonds is 6. The molecular weight excluding hydrogens is 486 g/mol. The summed E-state index contributed by atoms with van der Waals surface area (Å²) in [4.78, 5) is 30.8. The van der Waals surface area contributed by atoms with Crippen molar-refractivity contribution in [1.29, 1.82) is 0 Å². The van der Waals surface area contributed by atoms with Crippen molar-refractivity contribution >= 4 is 12.0 Å². The molecule has 1 aliphatic heterocycles. The first-order chi connectivity index (χ1) is 18.9. The van der Waals surface area contributed by atoms with Crippen molar-refractivity contribution in [2.24, 2.45) is 11.7 Å². The van der Waals surface area contributed by atoms with Gasteiger partial charge in [-0.3, -0.25) is 4.79 Å². The van der Waals surface area contributed by atoms with E-state index in [9.17, 15) is 9.59 Å². The highest BCUT2D eigenvalue weighted by atomic mass is 16.6. The summed E-state index contributed by atoms with van der Waals surface area (Å²) < 4.78 is 5.91. The largest absolute Gasteiger partial charge is 0.448 e. The third kappa shape index (κ3) is 5.06.